The van der Waals surface area contributed by atoms with Gasteiger partial charge in [-0.2, -0.15) is 0 Å². The second kappa shape index (κ2) is 17.9. The molecule has 276 valence electrons. The van der Waals surface area contributed by atoms with E-state index in [0.717, 1.165) is 31.4 Å². The quantitative estimate of drug-likeness (QED) is 0.117. The van der Waals surface area contributed by atoms with Gasteiger partial charge in [-0.1, -0.05) is 88.1 Å². The number of hydrogen-bond donors (Lipinski definition) is 5. The third kappa shape index (κ3) is 10.0. The number of unbranched alkanes of at least 4 members (excludes halogenated alkanes) is 2. The monoisotopic (exact) mass is 740 g/mol. The van der Waals surface area contributed by atoms with Crippen LogP contribution in [0, 0.1) is 0 Å². The number of aliphatic hydroxyl groups excluding tert-OH is 1. The molecule has 12 nitrogen and oxygen atoms in total. The Morgan fingerprint density at radius 1 is 0.980 bits per heavy atom. The molecule has 3 aromatic rings. The minimum Gasteiger partial charge on any atom is -0.483 e. The van der Waals surface area contributed by atoms with Gasteiger partial charge in [-0.3, -0.25) is 9.59 Å². The summed E-state index contributed by atoms with van der Waals surface area (Å²) in [5, 5.41) is 24.3. The summed E-state index contributed by atoms with van der Waals surface area (Å²) in [7, 11) is -4.07. The average Bonchev–Trinajstić information content (AvgIpc) is 3.21. The van der Waals surface area contributed by atoms with E-state index >= 15 is 0 Å². The van der Waals surface area contributed by atoms with Crippen LogP contribution in [-0.2, 0) is 24.4 Å². The molecule has 0 aliphatic carbocycles. The predicted octanol–water partition coefficient (Wildman–Crippen LogP) is 5.14. The van der Waals surface area contributed by atoms with Gasteiger partial charge >= 0.3 is 5.97 Å². The first-order valence-corrected chi connectivity index (χ1v) is 19.8. The maximum atomic E-state index is 14.3. The number of fused-ring (bicyclic) bond motifs is 1. The first-order chi connectivity index (χ1) is 24.3. The summed E-state index contributed by atoms with van der Waals surface area (Å²) in [5.41, 5.74) is 0.999. The van der Waals surface area contributed by atoms with E-state index in [1.807, 2.05) is 36.6 Å². The normalized spacial score (nSPS) is 16.5. The number of para-hydroxylation sites is 1. The number of aliphatic hydroxyl groups is 1. The minimum absolute atomic E-state index is 0.0220. The van der Waals surface area contributed by atoms with E-state index in [1.54, 1.807) is 36.4 Å². The fraction of sp³-hybridized carbons (Fsp3) is 0.432. The van der Waals surface area contributed by atoms with Crippen molar-refractivity contribution in [2.45, 2.75) is 92.8 Å². The number of aliphatic carboxylic acids is 1. The molecule has 0 bridgehead atoms. The molecule has 0 saturated carbocycles. The number of carboxylic acids is 1. The molecule has 0 spiro atoms. The standard InChI is InChI=1S/C37H48N4O8S2/c1-5-7-19-37(20-8-6-2)24-41(27-17-13-10-14-18-27)28-21-30(50-4)29(22-31(28)51(47,48)40-37)49-23-32(43)38-34(26-15-11-9-12-16-26)35(44)39-33(25(3)42)36(45)46/h9-18,21-22,25,33-34,40,42H,5-8,19-20,23-24H2,1-4H3,(H,38,43)(H,39,44)(H,45,46)/t25-,33-,34?/m1/s1. The van der Waals surface area contributed by atoms with E-state index in [2.05, 4.69) is 34.1 Å². The molecule has 3 atom stereocenters. The number of benzene rings is 3. The third-order valence-corrected chi connectivity index (χ3v) is 11.2. The van der Waals surface area contributed by atoms with Crippen LogP contribution in [0.5, 0.6) is 5.75 Å². The van der Waals surface area contributed by atoms with Crippen molar-refractivity contribution < 1.29 is 37.8 Å². The lowest BCUT2D eigenvalue weighted by molar-refractivity contribution is -0.145. The van der Waals surface area contributed by atoms with E-state index in [9.17, 15) is 33.0 Å². The molecule has 2 amide bonds. The van der Waals surface area contributed by atoms with Gasteiger partial charge in [-0.25, -0.2) is 17.9 Å². The first-order valence-electron chi connectivity index (χ1n) is 17.1. The molecule has 1 aliphatic heterocycles. The van der Waals surface area contributed by atoms with Crippen LogP contribution in [0.25, 0.3) is 0 Å². The van der Waals surface area contributed by atoms with Crippen LogP contribution in [0.15, 0.2) is 82.6 Å². The number of nitrogens with zero attached hydrogens (tertiary/aromatic N) is 1. The number of sulfonamides is 1. The maximum absolute atomic E-state index is 14.3. The Balaban J connectivity index is 1.68. The smallest absolute Gasteiger partial charge is 0.328 e. The van der Waals surface area contributed by atoms with Gasteiger partial charge in [0.1, 0.15) is 16.7 Å². The number of hydrogen-bond acceptors (Lipinski definition) is 9. The molecule has 5 N–H and O–H groups in total. The molecule has 1 unspecified atom stereocenters. The molecular weight excluding hydrogens is 693 g/mol. The van der Waals surface area contributed by atoms with Gasteiger partial charge in [0.05, 0.1) is 22.2 Å². The molecule has 4 rings (SSSR count). The van der Waals surface area contributed by atoms with E-state index in [0.29, 0.717) is 35.5 Å². The Kier molecular flexibility index (Phi) is 13.9. The van der Waals surface area contributed by atoms with E-state index < -0.39 is 58.1 Å². The summed E-state index contributed by atoms with van der Waals surface area (Å²) in [6.07, 6.45) is 5.29. The number of nitrogens with one attached hydrogen (secondary N) is 3. The van der Waals surface area contributed by atoms with E-state index in [1.165, 1.54) is 24.8 Å². The molecular formula is C37H48N4O8S2. The van der Waals surface area contributed by atoms with Gasteiger partial charge in [-0.15, -0.1) is 11.8 Å². The molecule has 0 radical (unpaired) electrons. The fourth-order valence-corrected chi connectivity index (χ4v) is 8.36. The summed E-state index contributed by atoms with van der Waals surface area (Å²) in [5.74, 6) is -2.82. The zero-order chi connectivity index (χ0) is 37.2. The fourth-order valence-electron chi connectivity index (χ4n) is 6.16. The van der Waals surface area contributed by atoms with Gasteiger partial charge in [-0.05, 0) is 49.8 Å². The Hall–Kier alpha value is -4.11. The third-order valence-electron chi connectivity index (χ3n) is 8.83. The number of carboxylic acid groups (broad SMARTS) is 1. The molecule has 1 aliphatic rings. The van der Waals surface area contributed by atoms with Crippen molar-refractivity contribution in [1.29, 1.82) is 0 Å². The second-order valence-electron chi connectivity index (χ2n) is 12.8. The topological polar surface area (TPSA) is 174 Å². The number of ether oxygens (including phenoxy) is 1. The maximum Gasteiger partial charge on any atom is 0.328 e. The lowest BCUT2D eigenvalue weighted by Crippen LogP contribution is -2.53. The molecule has 1 heterocycles. The largest absolute Gasteiger partial charge is 0.483 e. The highest BCUT2D eigenvalue weighted by Crippen LogP contribution is 2.44. The lowest BCUT2D eigenvalue weighted by atomic mass is 9.87. The summed E-state index contributed by atoms with van der Waals surface area (Å²) in [6.45, 7) is 5.26. The van der Waals surface area contributed by atoms with Crippen molar-refractivity contribution in [1.82, 2.24) is 15.4 Å². The van der Waals surface area contributed by atoms with Crippen LogP contribution in [0.3, 0.4) is 0 Å². The van der Waals surface area contributed by atoms with Gasteiger partial charge in [0.25, 0.3) is 5.91 Å². The molecule has 0 saturated heterocycles. The summed E-state index contributed by atoms with van der Waals surface area (Å²) in [4.78, 5) is 40.9. The highest BCUT2D eigenvalue weighted by atomic mass is 32.2. The average molecular weight is 741 g/mol. The second-order valence-corrected chi connectivity index (χ2v) is 15.2. The molecule has 51 heavy (non-hydrogen) atoms. The molecule has 3 aromatic carbocycles. The van der Waals surface area contributed by atoms with Crippen molar-refractivity contribution in [3.63, 3.8) is 0 Å². The van der Waals surface area contributed by atoms with Crippen molar-refractivity contribution in [2.75, 3.05) is 24.3 Å². The number of carbonyl (C=O) groups is 3. The summed E-state index contributed by atoms with van der Waals surface area (Å²) in [6, 6.07) is 18.2. The van der Waals surface area contributed by atoms with Crippen molar-refractivity contribution in [3.05, 3.63) is 78.4 Å². The Morgan fingerprint density at radius 3 is 2.14 bits per heavy atom. The zero-order valence-electron chi connectivity index (χ0n) is 29.4. The molecule has 14 heteroatoms. The van der Waals surface area contributed by atoms with Gasteiger partial charge in [0.2, 0.25) is 15.9 Å². The lowest BCUT2D eigenvalue weighted by Gasteiger charge is -2.37. The summed E-state index contributed by atoms with van der Waals surface area (Å²) < 4.78 is 37.6. The Bertz CT molecular complexity index is 1750. The highest BCUT2D eigenvalue weighted by molar-refractivity contribution is 7.98. The van der Waals surface area contributed by atoms with Gasteiger partial charge in [0.15, 0.2) is 12.6 Å². The highest BCUT2D eigenvalue weighted by Gasteiger charge is 2.42. The predicted molar refractivity (Wildman–Crippen MR) is 198 cm³/mol. The first kappa shape index (κ1) is 39.7. The number of amides is 2. The van der Waals surface area contributed by atoms with Crippen LogP contribution < -0.4 is 25.0 Å². The van der Waals surface area contributed by atoms with Crippen molar-refractivity contribution in [3.8, 4) is 5.75 Å². The van der Waals surface area contributed by atoms with Gasteiger partial charge < -0.3 is 30.5 Å². The van der Waals surface area contributed by atoms with E-state index in [4.69, 9.17) is 4.74 Å². The van der Waals surface area contributed by atoms with Gasteiger partial charge in [0, 0.05) is 18.3 Å². The van der Waals surface area contributed by atoms with Crippen LogP contribution in [0.2, 0.25) is 0 Å². The van der Waals surface area contributed by atoms with E-state index in [-0.39, 0.29) is 10.6 Å². The Labute approximate surface area is 304 Å². The molecule has 0 aromatic heterocycles. The number of thioether (sulfide) groups is 1. The zero-order valence-corrected chi connectivity index (χ0v) is 31.1. The molecule has 0 fully saturated rings. The number of carbonyl (C=O) groups excluding carboxylic acids is 2. The number of anilines is 2. The summed E-state index contributed by atoms with van der Waals surface area (Å²) >= 11 is 1.34. The van der Waals surface area contributed by atoms with Crippen molar-refractivity contribution >= 4 is 50.9 Å². The minimum atomic E-state index is -4.07. The SMILES string of the molecule is CCCCC1(CCCC)CN(c2ccccc2)c2cc(SC)c(OCC(=O)NC(C(=O)N[C@@H](C(=O)O)[C@@H](C)O)c3ccccc3)cc2S(=O)(=O)N1. The Morgan fingerprint density at radius 2 is 1.59 bits per heavy atom. The van der Waals surface area contributed by atoms with Crippen LogP contribution in [-0.4, -0.2) is 73.5 Å². The van der Waals surface area contributed by atoms with Crippen molar-refractivity contribution in [2.24, 2.45) is 0 Å². The van der Waals surface area contributed by atoms with Crippen LogP contribution in [0.4, 0.5) is 11.4 Å². The number of rotatable bonds is 17. The van der Waals surface area contributed by atoms with Crippen LogP contribution >= 0.6 is 11.8 Å². The van der Waals surface area contributed by atoms with Crippen LogP contribution in [0.1, 0.15) is 70.9 Å².